The van der Waals surface area contributed by atoms with E-state index in [4.69, 9.17) is 19.3 Å². The van der Waals surface area contributed by atoms with Crippen LogP contribution in [0.2, 0.25) is 0 Å². The number of hydrogen-bond acceptors (Lipinski definition) is 10. The van der Waals surface area contributed by atoms with Crippen molar-refractivity contribution < 1.29 is 49.6 Å². The lowest BCUT2D eigenvalue weighted by atomic mass is 9.43. The molecule has 0 aromatic rings. The molecule has 246 valence electrons. The fourth-order valence-electron chi connectivity index (χ4n) is 11.3. The summed E-state index contributed by atoms with van der Waals surface area (Å²) in [4.78, 5) is 12.7. The summed E-state index contributed by atoms with van der Waals surface area (Å²) in [5.41, 5.74) is 0.0576. The molecule has 17 atom stereocenters. The van der Waals surface area contributed by atoms with E-state index in [-0.39, 0.29) is 22.9 Å². The number of carbonyl (C=O) groups excluding carboxylic acids is 1. The number of fused-ring (bicyclic) bond motifs is 7. The number of ether oxygens (including phenoxy) is 3. The van der Waals surface area contributed by atoms with Crippen molar-refractivity contribution in [2.45, 2.75) is 134 Å². The molecule has 0 aromatic carbocycles. The molecule has 1 spiro atoms. The molecular weight excluding hydrogens is 556 g/mol. The van der Waals surface area contributed by atoms with Crippen molar-refractivity contribution in [1.29, 1.82) is 0 Å². The molecule has 0 radical (unpaired) electrons. The lowest BCUT2D eigenvalue weighted by Gasteiger charge is -2.62. The van der Waals surface area contributed by atoms with Gasteiger partial charge in [-0.15, -0.1) is 0 Å². The Morgan fingerprint density at radius 1 is 0.907 bits per heavy atom. The predicted octanol–water partition coefficient (Wildman–Crippen LogP) is 1.75. The molecule has 6 aliphatic rings. The quantitative estimate of drug-likeness (QED) is 0.244. The van der Waals surface area contributed by atoms with Gasteiger partial charge in [0.05, 0.1) is 25.4 Å². The Morgan fingerprint density at radius 3 is 2.30 bits per heavy atom. The zero-order valence-corrected chi connectivity index (χ0v) is 26.2. The maximum atomic E-state index is 12.7. The molecule has 2 saturated heterocycles. The Morgan fingerprint density at radius 2 is 1.63 bits per heavy atom. The summed E-state index contributed by atoms with van der Waals surface area (Å²) >= 11 is 0. The van der Waals surface area contributed by atoms with Crippen LogP contribution in [0.15, 0.2) is 0 Å². The van der Waals surface area contributed by atoms with E-state index in [0.717, 1.165) is 51.6 Å². The summed E-state index contributed by atoms with van der Waals surface area (Å²) < 4.78 is 18.9. The van der Waals surface area contributed by atoms with Crippen LogP contribution < -0.4 is 0 Å². The fourth-order valence-corrected chi connectivity index (χ4v) is 11.3. The van der Waals surface area contributed by atoms with Crippen molar-refractivity contribution in [2.24, 2.45) is 52.3 Å². The summed E-state index contributed by atoms with van der Waals surface area (Å²) in [6, 6.07) is 0. The van der Waals surface area contributed by atoms with Gasteiger partial charge in [-0.2, -0.15) is 0 Å². The molecule has 10 nitrogen and oxygen atoms in total. The molecular formula is C33H54O10. The Labute approximate surface area is 255 Å². The first-order chi connectivity index (χ1) is 20.3. The van der Waals surface area contributed by atoms with Crippen LogP contribution in [0.1, 0.15) is 85.5 Å². The summed E-state index contributed by atoms with van der Waals surface area (Å²) in [7, 11) is 0. The van der Waals surface area contributed by atoms with Crippen molar-refractivity contribution in [1.82, 2.24) is 0 Å². The number of rotatable bonds is 6. The monoisotopic (exact) mass is 610 g/mol. The lowest BCUT2D eigenvalue weighted by Crippen LogP contribution is -2.59. The molecule has 6 fully saturated rings. The number of aliphatic hydroxyl groups excluding tert-OH is 6. The van der Waals surface area contributed by atoms with Crippen molar-refractivity contribution in [3.63, 3.8) is 0 Å². The van der Waals surface area contributed by atoms with Gasteiger partial charge in [0.25, 0.3) is 0 Å². The molecule has 0 bridgehead atoms. The van der Waals surface area contributed by atoms with Crippen LogP contribution in [0.4, 0.5) is 0 Å². The highest BCUT2D eigenvalue weighted by Crippen LogP contribution is 2.71. The number of aliphatic hydroxyl groups is 6. The van der Waals surface area contributed by atoms with E-state index in [1.807, 2.05) is 0 Å². The summed E-state index contributed by atoms with van der Waals surface area (Å²) in [6.45, 7) is 9.33. The molecule has 6 N–H and O–H groups in total. The first-order valence-electron chi connectivity index (χ1n) is 16.8. The third-order valence-electron chi connectivity index (χ3n) is 13.7. The molecule has 10 heteroatoms. The third-order valence-corrected chi connectivity index (χ3v) is 13.7. The second kappa shape index (κ2) is 11.4. The minimum absolute atomic E-state index is 0.0505. The van der Waals surface area contributed by atoms with Gasteiger partial charge >= 0.3 is 5.97 Å². The fraction of sp³-hybridized carbons (Fsp3) is 0.970. The van der Waals surface area contributed by atoms with Crippen LogP contribution in [0.25, 0.3) is 0 Å². The van der Waals surface area contributed by atoms with Crippen molar-refractivity contribution in [3.05, 3.63) is 0 Å². The van der Waals surface area contributed by atoms with E-state index in [9.17, 15) is 30.3 Å². The first kappa shape index (κ1) is 32.1. The molecule has 0 amide bonds. The van der Waals surface area contributed by atoms with Gasteiger partial charge in [0.2, 0.25) is 0 Å². The Balaban J connectivity index is 1.12. The first-order valence-corrected chi connectivity index (χ1v) is 16.8. The highest BCUT2D eigenvalue weighted by molar-refractivity contribution is 5.75. The standard InChI is InChI=1S/C33H54O10/c1-16-5-10-33(41-15-16)17(2)26-25(43-33)13-21-19-12-23(35)22-11-18(6-8-31(22,3)20(19)7-9-32(21,26)4)42-30(40)29(39)28(38)27(37)24(36)14-34/h16-29,34-39H,5-15H2,1-4H3/t16-,17+,18+,19-,20+,21+,22-,23+,24-,25+,26+,27-,28+,29-,31-,32+,33-/m1/s1. The number of carbonyl (C=O) groups is 1. The Hall–Kier alpha value is -0.850. The van der Waals surface area contributed by atoms with Gasteiger partial charge in [-0.25, -0.2) is 4.79 Å². The van der Waals surface area contributed by atoms with E-state index in [1.54, 1.807) is 0 Å². The molecule has 4 aliphatic carbocycles. The summed E-state index contributed by atoms with van der Waals surface area (Å²) in [5, 5.41) is 60.5. The lowest BCUT2D eigenvalue weighted by molar-refractivity contribution is -0.273. The minimum atomic E-state index is -2.06. The molecule has 4 saturated carbocycles. The van der Waals surface area contributed by atoms with Gasteiger partial charge in [-0.3, -0.25) is 0 Å². The van der Waals surface area contributed by atoms with Crippen molar-refractivity contribution in [3.8, 4) is 0 Å². The topological polar surface area (TPSA) is 166 Å². The molecule has 0 unspecified atom stereocenters. The Kier molecular flexibility index (Phi) is 8.54. The largest absolute Gasteiger partial charge is 0.460 e. The zero-order chi connectivity index (χ0) is 31.1. The smallest absolute Gasteiger partial charge is 0.338 e. The van der Waals surface area contributed by atoms with E-state index in [1.165, 1.54) is 0 Å². The number of hydrogen-bond donors (Lipinski definition) is 6. The zero-order valence-electron chi connectivity index (χ0n) is 26.2. The second-order valence-corrected chi connectivity index (χ2v) is 15.8. The third kappa shape index (κ3) is 5.01. The molecule has 2 heterocycles. The van der Waals surface area contributed by atoms with Crippen LogP contribution in [-0.4, -0.2) is 98.3 Å². The van der Waals surface area contributed by atoms with Gasteiger partial charge in [0, 0.05) is 12.3 Å². The predicted molar refractivity (Wildman–Crippen MR) is 154 cm³/mol. The van der Waals surface area contributed by atoms with Gasteiger partial charge in [0.15, 0.2) is 11.9 Å². The van der Waals surface area contributed by atoms with Crippen molar-refractivity contribution in [2.75, 3.05) is 13.2 Å². The minimum Gasteiger partial charge on any atom is -0.460 e. The van der Waals surface area contributed by atoms with Crippen molar-refractivity contribution >= 4 is 5.97 Å². The van der Waals surface area contributed by atoms with Gasteiger partial charge in [-0.05, 0) is 97.7 Å². The van der Waals surface area contributed by atoms with E-state index >= 15 is 0 Å². The summed E-state index contributed by atoms with van der Waals surface area (Å²) in [6.07, 6.45) is -0.534. The normalized spacial score (nSPS) is 51.9. The van der Waals surface area contributed by atoms with Gasteiger partial charge in [-0.1, -0.05) is 27.7 Å². The molecule has 43 heavy (non-hydrogen) atoms. The van der Waals surface area contributed by atoms with Crippen LogP contribution in [-0.2, 0) is 19.0 Å². The van der Waals surface area contributed by atoms with Crippen LogP contribution in [0.3, 0.4) is 0 Å². The van der Waals surface area contributed by atoms with E-state index < -0.39 is 55.0 Å². The average Bonchev–Trinajstić information content (AvgIpc) is 3.43. The SMILES string of the molecule is C[C@@H]1CC[C@@]2(OC1)O[C@H]1C[C@H]3[C@@H]4C[C@H](O)[C@H]5C[C@@H](OC(=O)[C@H](O)[C@@H](O)[C@H](O)[C@H](O)CO)CC[C@]5(C)[C@H]4CC[C@]3(C)[C@H]1[C@@H]2C. The second-order valence-electron chi connectivity index (χ2n) is 15.8. The highest BCUT2D eigenvalue weighted by atomic mass is 16.7. The van der Waals surface area contributed by atoms with Gasteiger partial charge < -0.3 is 44.8 Å². The van der Waals surface area contributed by atoms with Crippen LogP contribution in [0.5, 0.6) is 0 Å². The average molecular weight is 611 g/mol. The van der Waals surface area contributed by atoms with E-state index in [2.05, 4.69) is 27.7 Å². The van der Waals surface area contributed by atoms with Crippen LogP contribution in [0, 0.1) is 52.3 Å². The highest BCUT2D eigenvalue weighted by Gasteiger charge is 2.69. The van der Waals surface area contributed by atoms with E-state index in [0.29, 0.717) is 48.3 Å². The molecule has 2 aliphatic heterocycles. The molecule has 0 aromatic heterocycles. The Bertz CT molecular complexity index is 1030. The van der Waals surface area contributed by atoms with Gasteiger partial charge in [0.1, 0.15) is 24.4 Å². The summed E-state index contributed by atoms with van der Waals surface area (Å²) in [5.74, 6) is 1.18. The number of esters is 1. The molecule has 6 rings (SSSR count). The van der Waals surface area contributed by atoms with Crippen LogP contribution >= 0.6 is 0 Å². The maximum Gasteiger partial charge on any atom is 0.338 e. The maximum absolute atomic E-state index is 12.7.